The molecule has 4 heteroatoms. The predicted octanol–water partition coefficient (Wildman–Crippen LogP) is 3.68. The Kier molecular flexibility index (Phi) is 4.46. The second-order valence-electron chi connectivity index (χ2n) is 5.29. The van der Waals surface area contributed by atoms with E-state index < -0.39 is 23.1 Å². The Morgan fingerprint density at radius 2 is 0.650 bits per heavy atom. The summed E-state index contributed by atoms with van der Waals surface area (Å²) in [6, 6.07) is 0. The second kappa shape index (κ2) is 5.30. The first kappa shape index (κ1) is 16.9. The number of hydrogen-bond acceptors (Lipinski definition) is 4. The van der Waals surface area contributed by atoms with Crippen molar-refractivity contribution in [3.8, 4) is 0 Å². The van der Waals surface area contributed by atoms with Gasteiger partial charge in [-0.05, 0) is 52.0 Å². The third kappa shape index (κ3) is 3.46. The van der Waals surface area contributed by atoms with Gasteiger partial charge in [-0.15, -0.1) is 0 Å². The van der Waals surface area contributed by atoms with Gasteiger partial charge in [-0.3, -0.25) is 0 Å². The molecule has 1 aliphatic heterocycles. The normalized spacial score (nSPS) is 45.8. The highest BCUT2D eigenvalue weighted by Crippen LogP contribution is 2.39. The van der Waals surface area contributed by atoms with Gasteiger partial charge in [0.25, 0.3) is 0 Å². The number of hydrogen-bond donors (Lipinski definition) is 0. The van der Waals surface area contributed by atoms with Crippen molar-refractivity contribution in [3.05, 3.63) is 50.6 Å². The summed E-state index contributed by atoms with van der Waals surface area (Å²) in [7, 11) is 0. The van der Waals surface area contributed by atoms with E-state index in [9.17, 15) is 0 Å². The van der Waals surface area contributed by atoms with Crippen molar-refractivity contribution in [2.24, 2.45) is 0 Å². The summed E-state index contributed by atoms with van der Waals surface area (Å²) >= 11 is 0. The van der Waals surface area contributed by atoms with E-state index >= 15 is 0 Å². The average molecular weight is 280 g/mol. The van der Waals surface area contributed by atoms with Crippen LogP contribution in [-0.4, -0.2) is 23.1 Å². The maximum atomic E-state index is 5.90. The van der Waals surface area contributed by atoms with Gasteiger partial charge in [0.15, 0.2) is 23.1 Å². The maximum Gasteiger partial charge on any atom is 0.191 e. The van der Waals surface area contributed by atoms with E-state index in [0.717, 1.165) is 0 Å². The van der Waals surface area contributed by atoms with Crippen molar-refractivity contribution in [2.45, 2.75) is 50.8 Å². The molecule has 1 saturated heterocycles. The van der Waals surface area contributed by atoms with Crippen LogP contribution in [0.5, 0.6) is 0 Å². The molecule has 1 fully saturated rings. The van der Waals surface area contributed by atoms with Crippen LogP contribution in [-0.2, 0) is 18.9 Å². The Hall–Kier alpha value is -1.20. The molecular weight excluding hydrogens is 256 g/mol. The molecule has 4 nitrogen and oxygen atoms in total. The number of ether oxygens (including phenoxy) is 4. The third-order valence-corrected chi connectivity index (χ3v) is 3.10. The van der Waals surface area contributed by atoms with Crippen LogP contribution in [0.4, 0.5) is 0 Å². The molecule has 0 bridgehead atoms. The molecule has 0 aromatic carbocycles. The molecule has 20 heavy (non-hydrogen) atoms. The van der Waals surface area contributed by atoms with Crippen molar-refractivity contribution in [2.75, 3.05) is 0 Å². The van der Waals surface area contributed by atoms with E-state index in [1.165, 1.54) is 24.3 Å². The number of rotatable bonds is 4. The first-order valence-electron chi connectivity index (χ1n) is 6.42. The molecule has 0 radical (unpaired) electrons. The smallest absolute Gasteiger partial charge is 0.191 e. The lowest BCUT2D eigenvalue weighted by atomic mass is 10.2. The molecule has 1 aliphatic rings. The largest absolute Gasteiger partial charge is 0.311 e. The molecule has 0 spiro atoms. The van der Waals surface area contributed by atoms with Crippen LogP contribution in [0, 0.1) is 0 Å². The summed E-state index contributed by atoms with van der Waals surface area (Å²) in [4.78, 5) is 0. The summed E-state index contributed by atoms with van der Waals surface area (Å²) in [5.41, 5.74) is 0. The van der Waals surface area contributed by atoms with Crippen LogP contribution in [0.3, 0.4) is 0 Å². The monoisotopic (exact) mass is 280 g/mol. The van der Waals surface area contributed by atoms with Crippen molar-refractivity contribution < 1.29 is 18.9 Å². The van der Waals surface area contributed by atoms with Crippen molar-refractivity contribution in [1.82, 2.24) is 0 Å². The summed E-state index contributed by atoms with van der Waals surface area (Å²) in [6.07, 6.45) is 6.11. The average Bonchev–Trinajstić information content (AvgIpc) is 2.36. The molecule has 112 valence electrons. The molecule has 0 saturated carbocycles. The molecule has 0 aliphatic carbocycles. The van der Waals surface area contributed by atoms with Crippen LogP contribution in [0.15, 0.2) is 50.6 Å². The Morgan fingerprint density at radius 3 is 0.750 bits per heavy atom. The SMILES string of the molecule is C=CC1(C)OC(C)(C=C)OC(C)(C=C)OC(C)(C=C)O1. The molecule has 0 atom stereocenters. The molecule has 0 aromatic heterocycles. The Bertz CT molecular complexity index is 336. The van der Waals surface area contributed by atoms with Crippen LogP contribution >= 0.6 is 0 Å². The predicted molar refractivity (Wildman–Crippen MR) is 78.7 cm³/mol. The zero-order chi connectivity index (χ0) is 15.7. The quantitative estimate of drug-likeness (QED) is 0.736. The van der Waals surface area contributed by atoms with Gasteiger partial charge in [0.1, 0.15) is 0 Å². The highest BCUT2D eigenvalue weighted by Gasteiger charge is 2.48. The highest BCUT2D eigenvalue weighted by molar-refractivity contribution is 5.02. The van der Waals surface area contributed by atoms with E-state index in [2.05, 4.69) is 26.3 Å². The zero-order valence-electron chi connectivity index (χ0n) is 12.8. The minimum Gasteiger partial charge on any atom is -0.311 e. The van der Waals surface area contributed by atoms with Crippen LogP contribution in [0.1, 0.15) is 27.7 Å². The molecule has 1 rings (SSSR count). The topological polar surface area (TPSA) is 36.9 Å². The van der Waals surface area contributed by atoms with Crippen LogP contribution < -0.4 is 0 Å². The van der Waals surface area contributed by atoms with Crippen LogP contribution in [0.2, 0.25) is 0 Å². The minimum absolute atomic E-state index is 1.13. The van der Waals surface area contributed by atoms with E-state index in [0.29, 0.717) is 0 Å². The standard InChI is InChI=1S/C16H24O4/c1-9-13(5)17-14(6,10-2)19-16(8,12-4)20-15(7,11-3)18-13/h9-12H,1-4H2,5-8H3. The van der Waals surface area contributed by atoms with Gasteiger partial charge in [-0.25, -0.2) is 0 Å². The van der Waals surface area contributed by atoms with Crippen molar-refractivity contribution in [1.29, 1.82) is 0 Å². The minimum atomic E-state index is -1.13. The van der Waals surface area contributed by atoms with Gasteiger partial charge >= 0.3 is 0 Å². The van der Waals surface area contributed by atoms with Gasteiger partial charge in [0.2, 0.25) is 0 Å². The second-order valence-corrected chi connectivity index (χ2v) is 5.29. The van der Waals surface area contributed by atoms with E-state index in [1.807, 2.05) is 0 Å². The van der Waals surface area contributed by atoms with Gasteiger partial charge in [-0.2, -0.15) is 0 Å². The first-order valence-corrected chi connectivity index (χ1v) is 6.42. The maximum absolute atomic E-state index is 5.90. The Morgan fingerprint density at radius 1 is 0.500 bits per heavy atom. The Balaban J connectivity index is 3.31. The molecule has 0 amide bonds. The molecule has 1 heterocycles. The lowest BCUT2D eigenvalue weighted by molar-refractivity contribution is -0.456. The third-order valence-electron chi connectivity index (χ3n) is 3.10. The first-order chi connectivity index (χ1) is 9.07. The highest BCUT2D eigenvalue weighted by atomic mass is 16.9. The summed E-state index contributed by atoms with van der Waals surface area (Å²) in [5, 5.41) is 0. The van der Waals surface area contributed by atoms with E-state index in [-0.39, 0.29) is 0 Å². The summed E-state index contributed by atoms with van der Waals surface area (Å²) in [6.45, 7) is 21.8. The summed E-state index contributed by atoms with van der Waals surface area (Å²) < 4.78 is 23.6. The van der Waals surface area contributed by atoms with Crippen LogP contribution in [0.25, 0.3) is 0 Å². The van der Waals surface area contributed by atoms with Gasteiger partial charge in [0, 0.05) is 0 Å². The van der Waals surface area contributed by atoms with Crippen molar-refractivity contribution >= 4 is 0 Å². The zero-order valence-corrected chi connectivity index (χ0v) is 12.8. The fourth-order valence-corrected chi connectivity index (χ4v) is 2.03. The van der Waals surface area contributed by atoms with E-state index in [1.54, 1.807) is 27.7 Å². The molecule has 0 aromatic rings. The lowest BCUT2D eigenvalue weighted by Crippen LogP contribution is -2.57. The fraction of sp³-hybridized carbons (Fsp3) is 0.500. The fourth-order valence-electron chi connectivity index (χ4n) is 2.03. The lowest BCUT2D eigenvalue weighted by Gasteiger charge is -2.49. The Labute approximate surface area is 121 Å². The van der Waals surface area contributed by atoms with E-state index in [4.69, 9.17) is 18.9 Å². The molecular formula is C16H24O4. The van der Waals surface area contributed by atoms with Crippen molar-refractivity contribution in [3.63, 3.8) is 0 Å². The van der Waals surface area contributed by atoms with Gasteiger partial charge in [0.05, 0.1) is 0 Å². The van der Waals surface area contributed by atoms with Gasteiger partial charge < -0.3 is 18.9 Å². The van der Waals surface area contributed by atoms with Gasteiger partial charge in [-0.1, -0.05) is 26.3 Å². The summed E-state index contributed by atoms with van der Waals surface area (Å²) in [5.74, 6) is -4.52. The molecule has 0 N–H and O–H groups in total. The molecule has 0 unspecified atom stereocenters.